The lowest BCUT2D eigenvalue weighted by Gasteiger charge is -2.10. The SMILES string of the molecule is CC[C@@H](C)c1ccc(NC(=O)c2c([N+](=O)[O-])cnn2CC)cc1. The minimum Gasteiger partial charge on any atom is -0.320 e. The van der Waals surface area contributed by atoms with Gasteiger partial charge in [-0.05, 0) is 37.0 Å². The molecular formula is C16H20N4O3. The first-order chi connectivity index (χ1) is 11.0. The number of hydrogen-bond donors (Lipinski definition) is 1. The smallest absolute Gasteiger partial charge is 0.320 e. The summed E-state index contributed by atoms with van der Waals surface area (Å²) in [6, 6.07) is 7.51. The Morgan fingerprint density at radius 2 is 2.00 bits per heavy atom. The summed E-state index contributed by atoms with van der Waals surface area (Å²) in [6.07, 6.45) is 2.14. The van der Waals surface area contributed by atoms with Crippen molar-refractivity contribution in [1.82, 2.24) is 9.78 Å². The third-order valence-corrected chi connectivity index (χ3v) is 3.88. The van der Waals surface area contributed by atoms with Gasteiger partial charge in [0.25, 0.3) is 5.91 Å². The van der Waals surface area contributed by atoms with Gasteiger partial charge in [-0.2, -0.15) is 5.10 Å². The molecule has 122 valence electrons. The number of aryl methyl sites for hydroxylation is 1. The predicted molar refractivity (Wildman–Crippen MR) is 87.7 cm³/mol. The molecule has 1 heterocycles. The van der Waals surface area contributed by atoms with Crippen LogP contribution in [0.5, 0.6) is 0 Å². The second kappa shape index (κ2) is 7.04. The Hall–Kier alpha value is -2.70. The molecule has 0 aliphatic rings. The quantitative estimate of drug-likeness (QED) is 0.651. The first-order valence-corrected chi connectivity index (χ1v) is 7.59. The molecule has 0 aliphatic carbocycles. The maximum absolute atomic E-state index is 12.4. The molecule has 0 fully saturated rings. The molecule has 7 heteroatoms. The fourth-order valence-corrected chi connectivity index (χ4v) is 2.30. The van der Waals surface area contributed by atoms with E-state index in [0.717, 1.165) is 12.6 Å². The fourth-order valence-electron chi connectivity index (χ4n) is 2.30. The zero-order valence-corrected chi connectivity index (χ0v) is 13.4. The van der Waals surface area contributed by atoms with Crippen LogP contribution in [0, 0.1) is 10.1 Å². The monoisotopic (exact) mass is 316 g/mol. The summed E-state index contributed by atoms with van der Waals surface area (Å²) in [4.78, 5) is 22.8. The summed E-state index contributed by atoms with van der Waals surface area (Å²) < 4.78 is 1.32. The number of amides is 1. The van der Waals surface area contributed by atoms with E-state index in [1.807, 2.05) is 12.1 Å². The van der Waals surface area contributed by atoms with Crippen molar-refractivity contribution in [2.45, 2.75) is 39.7 Å². The molecule has 23 heavy (non-hydrogen) atoms. The van der Waals surface area contributed by atoms with Crippen molar-refractivity contribution >= 4 is 17.3 Å². The minimum absolute atomic E-state index is 0.0384. The van der Waals surface area contributed by atoms with Crippen molar-refractivity contribution in [1.29, 1.82) is 0 Å². The van der Waals surface area contributed by atoms with Gasteiger partial charge in [0.15, 0.2) is 0 Å². The molecule has 1 N–H and O–H groups in total. The van der Waals surface area contributed by atoms with Crippen LogP contribution in [0.1, 0.15) is 49.2 Å². The lowest BCUT2D eigenvalue weighted by Crippen LogP contribution is -2.18. The van der Waals surface area contributed by atoms with Crippen LogP contribution in [0.4, 0.5) is 11.4 Å². The Kier molecular flexibility index (Phi) is 5.10. The van der Waals surface area contributed by atoms with Crippen LogP contribution in [0.3, 0.4) is 0 Å². The number of nitro groups is 1. The number of rotatable bonds is 6. The maximum atomic E-state index is 12.4. The van der Waals surface area contributed by atoms with Crippen LogP contribution in [0.15, 0.2) is 30.5 Å². The van der Waals surface area contributed by atoms with E-state index in [1.54, 1.807) is 19.1 Å². The Balaban J connectivity index is 2.22. The van der Waals surface area contributed by atoms with Crippen molar-refractivity contribution in [3.63, 3.8) is 0 Å². The molecule has 0 radical (unpaired) electrons. The number of aromatic nitrogens is 2. The number of carbonyl (C=O) groups is 1. The first-order valence-electron chi connectivity index (χ1n) is 7.59. The summed E-state index contributed by atoms with van der Waals surface area (Å²) in [5, 5.41) is 17.6. The molecule has 0 unspecified atom stereocenters. The van der Waals surface area contributed by atoms with E-state index in [2.05, 4.69) is 24.3 Å². The topological polar surface area (TPSA) is 90.1 Å². The summed E-state index contributed by atoms with van der Waals surface area (Å²) >= 11 is 0. The molecule has 0 spiro atoms. The molecule has 2 rings (SSSR count). The van der Waals surface area contributed by atoms with Crippen LogP contribution in [-0.4, -0.2) is 20.6 Å². The number of nitrogens with zero attached hydrogens (tertiary/aromatic N) is 3. The summed E-state index contributed by atoms with van der Waals surface area (Å²) in [6.45, 7) is 6.40. The number of nitrogens with one attached hydrogen (secondary N) is 1. The number of benzene rings is 1. The van der Waals surface area contributed by atoms with Crippen LogP contribution in [0.25, 0.3) is 0 Å². The third-order valence-electron chi connectivity index (χ3n) is 3.88. The van der Waals surface area contributed by atoms with E-state index in [4.69, 9.17) is 0 Å². The second-order valence-corrected chi connectivity index (χ2v) is 5.34. The van der Waals surface area contributed by atoms with E-state index < -0.39 is 10.8 Å². The molecule has 1 aromatic carbocycles. The zero-order chi connectivity index (χ0) is 17.0. The van der Waals surface area contributed by atoms with Gasteiger partial charge in [0.05, 0.1) is 4.92 Å². The van der Waals surface area contributed by atoms with E-state index in [1.165, 1.54) is 10.2 Å². The molecule has 0 saturated carbocycles. The highest BCUT2D eigenvalue weighted by molar-refractivity contribution is 6.05. The van der Waals surface area contributed by atoms with Crippen molar-refractivity contribution in [3.8, 4) is 0 Å². The lowest BCUT2D eigenvalue weighted by atomic mass is 9.99. The molecule has 1 aromatic heterocycles. The van der Waals surface area contributed by atoms with Crippen LogP contribution >= 0.6 is 0 Å². The second-order valence-electron chi connectivity index (χ2n) is 5.34. The standard InChI is InChI=1S/C16H20N4O3/c1-4-11(3)12-6-8-13(9-7-12)18-16(21)15-14(20(22)23)10-17-19(15)5-2/h6-11H,4-5H2,1-3H3,(H,18,21)/t11-/m1/s1. The van der Waals surface area contributed by atoms with Gasteiger partial charge < -0.3 is 5.32 Å². The summed E-state index contributed by atoms with van der Waals surface area (Å²) in [7, 11) is 0. The summed E-state index contributed by atoms with van der Waals surface area (Å²) in [5.41, 5.74) is 1.46. The number of hydrogen-bond acceptors (Lipinski definition) is 4. The van der Waals surface area contributed by atoms with Gasteiger partial charge >= 0.3 is 5.69 Å². The first kappa shape index (κ1) is 16.7. The molecule has 1 atom stereocenters. The van der Waals surface area contributed by atoms with Gasteiger partial charge in [-0.15, -0.1) is 0 Å². The van der Waals surface area contributed by atoms with E-state index >= 15 is 0 Å². The zero-order valence-electron chi connectivity index (χ0n) is 13.4. The highest BCUT2D eigenvalue weighted by Crippen LogP contribution is 2.22. The molecule has 2 aromatic rings. The predicted octanol–water partition coefficient (Wildman–Crippen LogP) is 3.58. The Labute approximate surface area is 134 Å². The Morgan fingerprint density at radius 3 is 2.52 bits per heavy atom. The number of anilines is 1. The average Bonchev–Trinajstić information content (AvgIpc) is 2.99. The van der Waals surface area contributed by atoms with Crippen LogP contribution in [0.2, 0.25) is 0 Å². The van der Waals surface area contributed by atoms with E-state index in [0.29, 0.717) is 18.2 Å². The van der Waals surface area contributed by atoms with Gasteiger partial charge in [-0.1, -0.05) is 26.0 Å². The van der Waals surface area contributed by atoms with Crippen molar-refractivity contribution in [2.75, 3.05) is 5.32 Å². The fraction of sp³-hybridized carbons (Fsp3) is 0.375. The van der Waals surface area contributed by atoms with Crippen molar-refractivity contribution in [2.24, 2.45) is 0 Å². The third kappa shape index (κ3) is 3.56. The van der Waals surface area contributed by atoms with E-state index in [-0.39, 0.29) is 11.4 Å². The number of carbonyl (C=O) groups excluding carboxylic acids is 1. The van der Waals surface area contributed by atoms with Gasteiger partial charge in [0.2, 0.25) is 5.69 Å². The summed E-state index contributed by atoms with van der Waals surface area (Å²) in [5.74, 6) is -0.0882. The highest BCUT2D eigenvalue weighted by Gasteiger charge is 2.26. The van der Waals surface area contributed by atoms with Gasteiger partial charge in [-0.3, -0.25) is 19.6 Å². The van der Waals surface area contributed by atoms with Gasteiger partial charge in [0.1, 0.15) is 6.20 Å². The molecule has 0 aliphatic heterocycles. The van der Waals surface area contributed by atoms with Gasteiger partial charge in [0, 0.05) is 12.2 Å². The largest absolute Gasteiger partial charge is 0.320 e. The minimum atomic E-state index is -0.597. The average molecular weight is 316 g/mol. The highest BCUT2D eigenvalue weighted by atomic mass is 16.6. The Morgan fingerprint density at radius 1 is 1.35 bits per heavy atom. The molecular weight excluding hydrogens is 296 g/mol. The lowest BCUT2D eigenvalue weighted by molar-refractivity contribution is -0.385. The normalized spacial score (nSPS) is 12.0. The molecule has 7 nitrogen and oxygen atoms in total. The maximum Gasteiger partial charge on any atom is 0.320 e. The van der Waals surface area contributed by atoms with Crippen molar-refractivity contribution in [3.05, 3.63) is 51.8 Å². The van der Waals surface area contributed by atoms with Gasteiger partial charge in [-0.25, -0.2) is 0 Å². The van der Waals surface area contributed by atoms with Crippen molar-refractivity contribution < 1.29 is 9.72 Å². The molecule has 0 bridgehead atoms. The molecule has 1 amide bonds. The van der Waals surface area contributed by atoms with E-state index in [9.17, 15) is 14.9 Å². The van der Waals surface area contributed by atoms with Crippen LogP contribution < -0.4 is 5.32 Å². The Bertz CT molecular complexity index is 707. The molecule has 0 saturated heterocycles. The van der Waals surface area contributed by atoms with Crippen LogP contribution in [-0.2, 0) is 6.54 Å².